The average Bonchev–Trinajstić information content (AvgIpc) is 3.19. The van der Waals surface area contributed by atoms with Gasteiger partial charge in [0.15, 0.2) is 0 Å². The number of thiocarbonyl (C=S) groups is 1. The number of thioether (sulfide) groups is 1. The van der Waals surface area contributed by atoms with Gasteiger partial charge in [0, 0.05) is 28.4 Å². The molecule has 1 amide bonds. The molecule has 0 bridgehead atoms. The van der Waals surface area contributed by atoms with Crippen LogP contribution < -0.4 is 0 Å². The minimum atomic E-state index is -0.993. The standard InChI is InChI=1S/C17H12N2O5S3/c20-15(21)6-7-18-16(22)14(27-17(18)25)9-12-4-5-13(26-12)10-2-1-3-11(8-10)19(23)24/h1-5,8-9H,6-7H2,(H,20,21)/b14-9-. The zero-order valence-electron chi connectivity index (χ0n) is 13.7. The van der Waals surface area contributed by atoms with Gasteiger partial charge in [0.25, 0.3) is 11.6 Å². The zero-order valence-corrected chi connectivity index (χ0v) is 16.1. The van der Waals surface area contributed by atoms with Crippen LogP contribution in [-0.4, -0.2) is 37.7 Å². The smallest absolute Gasteiger partial charge is 0.305 e. The fourth-order valence-corrected chi connectivity index (χ4v) is 4.71. The third kappa shape index (κ3) is 4.41. The Morgan fingerprint density at radius 2 is 2.11 bits per heavy atom. The summed E-state index contributed by atoms with van der Waals surface area (Å²) in [5, 5.41) is 19.7. The summed E-state index contributed by atoms with van der Waals surface area (Å²) in [6.07, 6.45) is 1.53. The fourth-order valence-electron chi connectivity index (χ4n) is 2.39. The molecular weight excluding hydrogens is 408 g/mol. The summed E-state index contributed by atoms with van der Waals surface area (Å²) in [6.45, 7) is 0.0424. The van der Waals surface area contributed by atoms with E-state index in [4.69, 9.17) is 17.3 Å². The second kappa shape index (κ2) is 7.99. The van der Waals surface area contributed by atoms with Gasteiger partial charge in [0.05, 0.1) is 16.2 Å². The van der Waals surface area contributed by atoms with Gasteiger partial charge in [-0.15, -0.1) is 11.3 Å². The summed E-state index contributed by atoms with van der Waals surface area (Å²) in [5.41, 5.74) is 0.740. The van der Waals surface area contributed by atoms with Crippen LogP contribution >= 0.6 is 35.3 Å². The van der Waals surface area contributed by atoms with Gasteiger partial charge in [0.1, 0.15) is 4.32 Å². The molecule has 1 N–H and O–H groups in total. The molecule has 0 spiro atoms. The lowest BCUT2D eigenvalue weighted by Gasteiger charge is -2.12. The summed E-state index contributed by atoms with van der Waals surface area (Å²) in [7, 11) is 0. The molecule has 1 saturated heterocycles. The molecule has 0 unspecified atom stereocenters. The molecule has 2 heterocycles. The van der Waals surface area contributed by atoms with E-state index in [-0.39, 0.29) is 24.6 Å². The molecule has 1 aliphatic heterocycles. The maximum absolute atomic E-state index is 12.4. The molecule has 0 radical (unpaired) electrons. The number of benzene rings is 1. The Morgan fingerprint density at radius 3 is 2.81 bits per heavy atom. The molecule has 0 atom stereocenters. The summed E-state index contributed by atoms with van der Waals surface area (Å²) in [6, 6.07) is 10.00. The van der Waals surface area contributed by atoms with Crippen LogP contribution in [0.1, 0.15) is 11.3 Å². The SMILES string of the molecule is O=C(O)CCN1C(=O)/C(=C/c2ccc(-c3cccc([N+](=O)[O-])c3)s2)SC1=S. The van der Waals surface area contributed by atoms with E-state index in [0.29, 0.717) is 9.23 Å². The van der Waals surface area contributed by atoms with Gasteiger partial charge in [0.2, 0.25) is 0 Å². The molecular formula is C17H12N2O5S3. The van der Waals surface area contributed by atoms with Crippen molar-refractivity contribution in [2.24, 2.45) is 0 Å². The third-order valence-electron chi connectivity index (χ3n) is 3.66. The maximum Gasteiger partial charge on any atom is 0.305 e. The first-order chi connectivity index (χ1) is 12.8. The van der Waals surface area contributed by atoms with Crippen molar-refractivity contribution in [1.82, 2.24) is 4.90 Å². The molecule has 0 saturated carbocycles. The third-order valence-corrected chi connectivity index (χ3v) is 6.12. The predicted molar refractivity (Wildman–Crippen MR) is 109 cm³/mol. The predicted octanol–water partition coefficient (Wildman–Crippen LogP) is 4.00. The molecule has 138 valence electrons. The van der Waals surface area contributed by atoms with E-state index in [2.05, 4.69) is 0 Å². The van der Waals surface area contributed by atoms with Crippen LogP contribution in [0.15, 0.2) is 41.3 Å². The number of carbonyl (C=O) groups excluding carboxylic acids is 1. The van der Waals surface area contributed by atoms with Crippen molar-refractivity contribution in [3.05, 3.63) is 56.3 Å². The Bertz CT molecular complexity index is 982. The topological polar surface area (TPSA) is 101 Å². The van der Waals surface area contributed by atoms with Crippen molar-refractivity contribution in [3.63, 3.8) is 0 Å². The molecule has 27 heavy (non-hydrogen) atoms. The molecule has 1 fully saturated rings. The summed E-state index contributed by atoms with van der Waals surface area (Å²) < 4.78 is 0.336. The van der Waals surface area contributed by atoms with Crippen LogP contribution in [0.2, 0.25) is 0 Å². The lowest BCUT2D eigenvalue weighted by atomic mass is 10.2. The summed E-state index contributed by atoms with van der Waals surface area (Å²) in [5.74, 6) is -1.30. The van der Waals surface area contributed by atoms with Crippen LogP contribution in [0.4, 0.5) is 5.69 Å². The Hall–Kier alpha value is -2.56. The number of nitrogens with zero attached hydrogens (tertiary/aromatic N) is 2. The molecule has 1 aromatic heterocycles. The van der Waals surface area contributed by atoms with Crippen molar-refractivity contribution >= 4 is 63.3 Å². The molecule has 0 aliphatic carbocycles. The second-order valence-corrected chi connectivity index (χ2v) is 8.28. The van der Waals surface area contributed by atoms with E-state index in [0.717, 1.165) is 27.1 Å². The molecule has 2 aromatic rings. The van der Waals surface area contributed by atoms with Gasteiger partial charge >= 0.3 is 5.97 Å². The highest BCUT2D eigenvalue weighted by atomic mass is 32.2. The minimum Gasteiger partial charge on any atom is -0.481 e. The number of carboxylic acids is 1. The van der Waals surface area contributed by atoms with Gasteiger partial charge in [-0.1, -0.05) is 36.1 Å². The second-order valence-electron chi connectivity index (χ2n) is 5.49. The van der Waals surface area contributed by atoms with Crippen LogP contribution in [0, 0.1) is 10.1 Å². The number of hydrogen-bond acceptors (Lipinski definition) is 7. The minimum absolute atomic E-state index is 0.0155. The van der Waals surface area contributed by atoms with Crippen LogP contribution in [0.5, 0.6) is 0 Å². The van der Waals surface area contributed by atoms with Crippen LogP contribution in [0.3, 0.4) is 0 Å². The molecule has 7 nitrogen and oxygen atoms in total. The first-order valence-corrected chi connectivity index (χ1v) is 9.71. The molecule has 1 aromatic carbocycles. The van der Waals surface area contributed by atoms with Gasteiger partial charge in [-0.3, -0.25) is 24.6 Å². The van der Waals surface area contributed by atoms with E-state index in [1.165, 1.54) is 28.4 Å². The quantitative estimate of drug-likeness (QED) is 0.326. The van der Waals surface area contributed by atoms with Gasteiger partial charge in [-0.25, -0.2) is 0 Å². The number of aliphatic carboxylic acids is 1. The number of amides is 1. The van der Waals surface area contributed by atoms with Crippen molar-refractivity contribution in [1.29, 1.82) is 0 Å². The van der Waals surface area contributed by atoms with E-state index in [1.807, 2.05) is 12.1 Å². The Kier molecular flexibility index (Phi) is 5.68. The number of carboxylic acid groups (broad SMARTS) is 1. The number of nitro benzene ring substituents is 1. The van der Waals surface area contributed by atoms with Gasteiger partial charge < -0.3 is 5.11 Å². The lowest BCUT2D eigenvalue weighted by Crippen LogP contribution is -2.30. The van der Waals surface area contributed by atoms with E-state index < -0.39 is 10.9 Å². The van der Waals surface area contributed by atoms with E-state index in [9.17, 15) is 19.7 Å². The fraction of sp³-hybridized carbons (Fsp3) is 0.118. The molecule has 3 rings (SSSR count). The zero-order chi connectivity index (χ0) is 19.6. The Morgan fingerprint density at radius 1 is 1.33 bits per heavy atom. The number of carbonyl (C=O) groups is 2. The highest BCUT2D eigenvalue weighted by Crippen LogP contribution is 2.36. The number of nitro groups is 1. The number of rotatable bonds is 6. The first kappa shape index (κ1) is 19.2. The highest BCUT2D eigenvalue weighted by Gasteiger charge is 2.32. The molecule has 1 aliphatic rings. The van der Waals surface area contributed by atoms with Crippen molar-refractivity contribution in [2.45, 2.75) is 6.42 Å². The van der Waals surface area contributed by atoms with E-state index in [1.54, 1.807) is 18.2 Å². The number of non-ortho nitro benzene ring substituents is 1. The lowest BCUT2D eigenvalue weighted by molar-refractivity contribution is -0.384. The number of hydrogen-bond donors (Lipinski definition) is 1. The van der Waals surface area contributed by atoms with Crippen molar-refractivity contribution in [2.75, 3.05) is 6.54 Å². The maximum atomic E-state index is 12.4. The number of thiophene rings is 1. The Balaban J connectivity index is 1.80. The van der Waals surface area contributed by atoms with Crippen LogP contribution in [-0.2, 0) is 9.59 Å². The van der Waals surface area contributed by atoms with Crippen molar-refractivity contribution in [3.8, 4) is 10.4 Å². The average molecular weight is 420 g/mol. The van der Waals surface area contributed by atoms with Gasteiger partial charge in [-0.2, -0.15) is 0 Å². The largest absolute Gasteiger partial charge is 0.481 e. The highest BCUT2D eigenvalue weighted by molar-refractivity contribution is 8.26. The van der Waals surface area contributed by atoms with Crippen molar-refractivity contribution < 1.29 is 19.6 Å². The summed E-state index contributed by atoms with van der Waals surface area (Å²) >= 11 is 7.69. The Labute approximate surface area is 167 Å². The normalized spacial score (nSPS) is 15.6. The van der Waals surface area contributed by atoms with Gasteiger partial charge in [-0.05, 0) is 23.8 Å². The van der Waals surface area contributed by atoms with E-state index >= 15 is 0 Å². The van der Waals surface area contributed by atoms with Crippen LogP contribution in [0.25, 0.3) is 16.5 Å². The first-order valence-electron chi connectivity index (χ1n) is 7.67. The molecule has 10 heteroatoms. The summed E-state index contributed by atoms with van der Waals surface area (Å²) in [4.78, 5) is 36.9. The monoisotopic (exact) mass is 420 g/mol.